The molecular weight excluding hydrogens is 360 g/mol. The molecule has 0 saturated carbocycles. The number of aliphatic hydroxyl groups is 2. The van der Waals surface area contributed by atoms with Crippen molar-refractivity contribution in [2.45, 2.75) is 12.8 Å². The third kappa shape index (κ3) is 6.39. The largest absolute Gasteiger partial charge is 0.499 e. The smallest absolute Gasteiger partial charge is 0.188 e. The van der Waals surface area contributed by atoms with E-state index in [2.05, 4.69) is 24.4 Å². The Balaban J connectivity index is 0.000000228. The number of aliphatic hydroxyl groups excluding tert-OH is 2. The third-order valence-corrected chi connectivity index (χ3v) is 4.25. The highest BCUT2D eigenvalue weighted by Gasteiger charge is 2.05. The van der Waals surface area contributed by atoms with Crippen LogP contribution >= 0.6 is 24.4 Å². The molecule has 0 amide bonds. The second-order valence-corrected chi connectivity index (χ2v) is 6.39. The predicted octanol–water partition coefficient (Wildman–Crippen LogP) is 5.63. The molecule has 4 heteroatoms. The van der Waals surface area contributed by atoms with Crippen LogP contribution in [0.25, 0.3) is 0 Å². The van der Waals surface area contributed by atoms with Gasteiger partial charge in [0.15, 0.2) is 10.1 Å². The average Bonchev–Trinajstić information content (AvgIpc) is 2.68. The van der Waals surface area contributed by atoms with E-state index in [0.717, 1.165) is 24.0 Å². The minimum Gasteiger partial charge on any atom is -0.499 e. The monoisotopic (exact) mass is 380 g/mol. The van der Waals surface area contributed by atoms with Gasteiger partial charge in [0.25, 0.3) is 0 Å². The summed E-state index contributed by atoms with van der Waals surface area (Å²) in [6.07, 6.45) is 1.85. The van der Waals surface area contributed by atoms with Gasteiger partial charge < -0.3 is 10.2 Å². The zero-order valence-corrected chi connectivity index (χ0v) is 15.8. The number of thiocarbonyl (C=S) groups is 2. The first-order valence-electron chi connectivity index (χ1n) is 8.21. The van der Waals surface area contributed by atoms with Gasteiger partial charge in [0.2, 0.25) is 0 Å². The summed E-state index contributed by atoms with van der Waals surface area (Å²) in [6, 6.07) is 27.1. The van der Waals surface area contributed by atoms with Crippen molar-refractivity contribution in [2.75, 3.05) is 0 Å². The maximum absolute atomic E-state index is 9.43. The maximum atomic E-state index is 9.43. The Hall–Kier alpha value is -2.56. The zero-order valence-electron chi connectivity index (χ0n) is 14.2. The Morgan fingerprint density at radius 1 is 0.615 bits per heavy atom. The van der Waals surface area contributed by atoms with Crippen LogP contribution in [-0.4, -0.2) is 20.3 Å². The van der Waals surface area contributed by atoms with E-state index in [9.17, 15) is 5.11 Å². The van der Waals surface area contributed by atoms with E-state index in [0.29, 0.717) is 5.56 Å². The molecule has 0 heterocycles. The third-order valence-electron chi connectivity index (χ3n) is 3.79. The van der Waals surface area contributed by atoms with Gasteiger partial charge in [-0.05, 0) is 48.4 Å². The van der Waals surface area contributed by atoms with Gasteiger partial charge >= 0.3 is 0 Å². The van der Waals surface area contributed by atoms with Crippen molar-refractivity contribution in [3.05, 3.63) is 107 Å². The minimum absolute atomic E-state index is 0.0198. The van der Waals surface area contributed by atoms with E-state index in [1.807, 2.05) is 60.7 Å². The van der Waals surface area contributed by atoms with Gasteiger partial charge in [0.1, 0.15) is 0 Å². The van der Waals surface area contributed by atoms with Crippen molar-refractivity contribution in [2.24, 2.45) is 0 Å². The lowest BCUT2D eigenvalue weighted by molar-refractivity contribution is 0.569. The second kappa shape index (κ2) is 10.4. The number of hydrogen-bond donors (Lipinski definition) is 2. The highest BCUT2D eigenvalue weighted by Crippen LogP contribution is 2.13. The molecule has 0 aliphatic rings. The van der Waals surface area contributed by atoms with Gasteiger partial charge in [-0.15, -0.1) is 0 Å². The standard InChI is InChI=1S/C15H14OS.C7H6OS/c16-15(17)14-9-5-4-8-13(14)11-10-12-6-2-1-3-7-12;8-7(9)6-4-2-1-3-5-6/h1-9H,10-11H2,(H,16,17);1-5H,(H,8,9). The van der Waals surface area contributed by atoms with E-state index < -0.39 is 0 Å². The fourth-order valence-corrected chi connectivity index (χ4v) is 2.79. The lowest BCUT2D eigenvalue weighted by atomic mass is 10.0. The Labute approximate surface area is 164 Å². The lowest BCUT2D eigenvalue weighted by Crippen LogP contribution is -2.02. The van der Waals surface area contributed by atoms with E-state index in [1.165, 1.54) is 5.56 Å². The first-order valence-corrected chi connectivity index (χ1v) is 9.03. The average molecular weight is 381 g/mol. The van der Waals surface area contributed by atoms with Gasteiger partial charge in [0.05, 0.1) is 0 Å². The molecule has 0 saturated heterocycles. The fourth-order valence-electron chi connectivity index (χ4n) is 2.45. The summed E-state index contributed by atoms with van der Waals surface area (Å²) in [5.74, 6) is 0. The van der Waals surface area contributed by atoms with Crippen LogP contribution < -0.4 is 0 Å². The molecule has 3 aromatic carbocycles. The Morgan fingerprint density at radius 3 is 1.69 bits per heavy atom. The lowest BCUT2D eigenvalue weighted by Gasteiger charge is -2.07. The molecule has 2 N–H and O–H groups in total. The Morgan fingerprint density at radius 2 is 1.15 bits per heavy atom. The summed E-state index contributed by atoms with van der Waals surface area (Å²) in [7, 11) is 0. The normalized spacial score (nSPS) is 9.69. The van der Waals surface area contributed by atoms with Crippen LogP contribution in [0.3, 0.4) is 0 Å². The summed E-state index contributed by atoms with van der Waals surface area (Å²) in [5, 5.41) is 18.1. The number of hydrogen-bond acceptors (Lipinski definition) is 2. The molecule has 3 aromatic rings. The van der Waals surface area contributed by atoms with Gasteiger partial charge in [-0.3, -0.25) is 0 Å². The van der Waals surface area contributed by atoms with Crippen LogP contribution in [0.15, 0.2) is 84.9 Å². The van der Waals surface area contributed by atoms with Crippen molar-refractivity contribution in [3.8, 4) is 0 Å². The Bertz CT molecular complexity index is 846. The van der Waals surface area contributed by atoms with Crippen LogP contribution in [-0.2, 0) is 12.8 Å². The van der Waals surface area contributed by atoms with Gasteiger partial charge in [-0.1, -0.05) is 84.9 Å². The van der Waals surface area contributed by atoms with E-state index in [4.69, 9.17) is 17.3 Å². The minimum atomic E-state index is -0.0457. The highest BCUT2D eigenvalue weighted by molar-refractivity contribution is 7.80. The summed E-state index contributed by atoms with van der Waals surface area (Å²) in [6.45, 7) is 0. The van der Waals surface area contributed by atoms with Crippen LogP contribution in [0, 0.1) is 0 Å². The maximum Gasteiger partial charge on any atom is 0.188 e. The summed E-state index contributed by atoms with van der Waals surface area (Å²) < 4.78 is 0. The second-order valence-electron chi connectivity index (χ2n) is 5.62. The molecule has 0 aromatic heterocycles. The highest BCUT2D eigenvalue weighted by atomic mass is 32.1. The molecule has 0 radical (unpaired) electrons. The quantitative estimate of drug-likeness (QED) is 0.563. The van der Waals surface area contributed by atoms with E-state index in [1.54, 1.807) is 12.1 Å². The van der Waals surface area contributed by atoms with Crippen molar-refractivity contribution in [3.63, 3.8) is 0 Å². The molecule has 3 rings (SSSR count). The molecule has 0 unspecified atom stereocenters. The van der Waals surface area contributed by atoms with E-state index >= 15 is 0 Å². The topological polar surface area (TPSA) is 40.5 Å². The van der Waals surface area contributed by atoms with Gasteiger partial charge in [-0.2, -0.15) is 0 Å². The molecule has 0 fully saturated rings. The van der Waals surface area contributed by atoms with Crippen molar-refractivity contribution in [1.82, 2.24) is 0 Å². The number of aryl methyl sites for hydroxylation is 2. The van der Waals surface area contributed by atoms with Gasteiger partial charge in [-0.25, -0.2) is 0 Å². The Kier molecular flexibility index (Phi) is 7.93. The zero-order chi connectivity index (χ0) is 18.8. The molecule has 132 valence electrons. The SMILES string of the molecule is OC(=S)c1ccccc1.OC(=S)c1ccccc1CCc1ccccc1. The number of benzene rings is 3. The fraction of sp³-hybridized carbons (Fsp3) is 0.0909. The molecule has 0 atom stereocenters. The molecule has 2 nitrogen and oxygen atoms in total. The predicted molar refractivity (Wildman–Crippen MR) is 115 cm³/mol. The van der Waals surface area contributed by atoms with Crippen molar-refractivity contribution >= 4 is 34.5 Å². The molecule has 26 heavy (non-hydrogen) atoms. The molecule has 0 spiro atoms. The summed E-state index contributed by atoms with van der Waals surface area (Å²) >= 11 is 9.35. The van der Waals surface area contributed by atoms with Crippen molar-refractivity contribution in [1.29, 1.82) is 0 Å². The first kappa shape index (κ1) is 19.8. The van der Waals surface area contributed by atoms with Crippen LogP contribution in [0.5, 0.6) is 0 Å². The molecule has 0 bridgehead atoms. The van der Waals surface area contributed by atoms with Crippen LogP contribution in [0.2, 0.25) is 0 Å². The van der Waals surface area contributed by atoms with E-state index in [-0.39, 0.29) is 10.1 Å². The van der Waals surface area contributed by atoms with Crippen LogP contribution in [0.4, 0.5) is 0 Å². The number of rotatable bonds is 5. The van der Waals surface area contributed by atoms with Crippen molar-refractivity contribution < 1.29 is 10.2 Å². The van der Waals surface area contributed by atoms with Crippen LogP contribution in [0.1, 0.15) is 22.3 Å². The van der Waals surface area contributed by atoms with Gasteiger partial charge in [0, 0.05) is 11.1 Å². The molecule has 0 aliphatic heterocycles. The summed E-state index contributed by atoms with van der Waals surface area (Å²) in [4.78, 5) is 0. The first-order chi connectivity index (χ1) is 12.6. The molecule has 0 aliphatic carbocycles. The summed E-state index contributed by atoms with van der Waals surface area (Å²) in [5.41, 5.74) is 3.88. The molecular formula is C22H20O2S2.